The minimum absolute atomic E-state index is 0.0343. The first-order valence-electron chi connectivity index (χ1n) is 14.6. The summed E-state index contributed by atoms with van der Waals surface area (Å²) < 4.78 is 11.5. The van der Waals surface area contributed by atoms with Gasteiger partial charge in [0.05, 0.1) is 11.3 Å². The zero-order valence-electron chi connectivity index (χ0n) is 24.1. The van der Waals surface area contributed by atoms with Gasteiger partial charge in [-0.1, -0.05) is 109 Å². The monoisotopic (exact) mass is 596 g/mol. The van der Waals surface area contributed by atoms with Crippen LogP contribution in [0, 0.1) is 0 Å². The number of carboxylic acids is 1. The fourth-order valence-corrected chi connectivity index (χ4v) is 6.37. The summed E-state index contributed by atoms with van der Waals surface area (Å²) in [6.07, 6.45) is -2.04. The number of amides is 2. The third-order valence-corrected chi connectivity index (χ3v) is 8.43. The summed E-state index contributed by atoms with van der Waals surface area (Å²) in [6, 6.07) is 37.7. The van der Waals surface area contributed by atoms with Crippen LogP contribution in [0.15, 0.2) is 121 Å². The number of nitrogens with one attached hydrogen (secondary N) is 1. The van der Waals surface area contributed by atoms with Crippen molar-refractivity contribution in [2.45, 2.75) is 11.8 Å². The molecule has 2 amide bonds. The zero-order valence-corrected chi connectivity index (χ0v) is 24.1. The molecule has 0 radical (unpaired) electrons. The highest BCUT2D eigenvalue weighted by Gasteiger charge is 2.34. The number of fused-ring (bicyclic) bond motifs is 6. The smallest absolute Gasteiger partial charge is 0.438 e. The Bertz CT molecular complexity index is 1750. The molecule has 45 heavy (non-hydrogen) atoms. The Labute approximate surface area is 259 Å². The number of carbonyl (C=O) groups excluding carboxylic acids is 2. The van der Waals surface area contributed by atoms with Crippen molar-refractivity contribution in [1.29, 1.82) is 0 Å². The highest BCUT2D eigenvalue weighted by Crippen LogP contribution is 2.45. The SMILES string of the molecule is O=C(O)c1ccccc1NN(C(=O)OCC1c2ccccc2-c2ccccc21)C(=O)OCC1c2ccccc2-c2ccccc21. The number of carbonyl (C=O) groups is 3. The van der Waals surface area contributed by atoms with Crippen LogP contribution in [0.25, 0.3) is 22.3 Å². The summed E-state index contributed by atoms with van der Waals surface area (Å²) in [7, 11) is 0. The van der Waals surface area contributed by atoms with Crippen molar-refractivity contribution in [3.8, 4) is 22.3 Å². The number of benzene rings is 5. The average molecular weight is 597 g/mol. The minimum Gasteiger partial charge on any atom is -0.478 e. The molecule has 5 aromatic carbocycles. The number of ether oxygens (including phenoxy) is 2. The van der Waals surface area contributed by atoms with Crippen LogP contribution < -0.4 is 5.43 Å². The standard InChI is InChI=1S/C37H28N2O6/c40-35(41)31-19-9-10-20-34(31)38-39(36(42)44-21-32-27-15-5-1-11-23(27)24-12-2-6-16-28(24)32)37(43)45-22-33-29-17-7-3-13-25(29)26-14-4-8-18-30(26)33/h1-20,32-33,38H,21-22H2,(H,40,41). The predicted molar refractivity (Wildman–Crippen MR) is 169 cm³/mol. The van der Waals surface area contributed by atoms with Gasteiger partial charge in [0.15, 0.2) is 0 Å². The second kappa shape index (κ2) is 11.7. The normalized spacial score (nSPS) is 12.8. The van der Waals surface area contributed by atoms with Gasteiger partial charge in [-0.2, -0.15) is 0 Å². The number of rotatable bonds is 7. The summed E-state index contributed by atoms with van der Waals surface area (Å²) in [6.45, 7) is -0.0788. The molecule has 2 aliphatic rings. The number of para-hydroxylation sites is 1. The molecule has 5 aromatic rings. The largest absolute Gasteiger partial charge is 0.478 e. The van der Waals surface area contributed by atoms with Crippen LogP contribution in [-0.2, 0) is 9.47 Å². The first-order chi connectivity index (χ1) is 22.0. The van der Waals surface area contributed by atoms with Crippen molar-refractivity contribution in [3.63, 3.8) is 0 Å². The van der Waals surface area contributed by atoms with Gasteiger partial charge in [0, 0.05) is 11.8 Å². The number of nitrogens with zero attached hydrogens (tertiary/aromatic N) is 1. The number of hydrogen-bond acceptors (Lipinski definition) is 6. The van der Waals surface area contributed by atoms with E-state index in [1.54, 1.807) is 12.1 Å². The molecular formula is C37H28N2O6. The molecule has 0 unspecified atom stereocenters. The van der Waals surface area contributed by atoms with E-state index in [2.05, 4.69) is 5.43 Å². The van der Waals surface area contributed by atoms with Crippen molar-refractivity contribution >= 4 is 23.8 Å². The van der Waals surface area contributed by atoms with E-state index in [4.69, 9.17) is 9.47 Å². The number of hydrazine groups is 1. The molecule has 2 aliphatic carbocycles. The second-order valence-corrected chi connectivity index (χ2v) is 10.9. The number of hydrogen-bond donors (Lipinski definition) is 2. The lowest BCUT2D eigenvalue weighted by Gasteiger charge is -2.24. The predicted octanol–water partition coefficient (Wildman–Crippen LogP) is 7.91. The molecule has 8 heteroatoms. The topological polar surface area (TPSA) is 105 Å². The van der Waals surface area contributed by atoms with Gasteiger partial charge in [-0.3, -0.25) is 5.43 Å². The first-order valence-corrected chi connectivity index (χ1v) is 14.6. The van der Waals surface area contributed by atoms with E-state index in [0.29, 0.717) is 5.01 Å². The summed E-state index contributed by atoms with van der Waals surface area (Å²) in [5.74, 6) is -1.70. The summed E-state index contributed by atoms with van der Waals surface area (Å²) in [4.78, 5) is 39.2. The lowest BCUT2D eigenvalue weighted by molar-refractivity contribution is 0.0691. The Kier molecular flexibility index (Phi) is 7.23. The van der Waals surface area contributed by atoms with Gasteiger partial charge in [-0.25, -0.2) is 14.4 Å². The number of aromatic carboxylic acids is 1. The highest BCUT2D eigenvalue weighted by molar-refractivity contribution is 5.96. The van der Waals surface area contributed by atoms with Gasteiger partial charge in [0.2, 0.25) is 0 Å². The molecular weight excluding hydrogens is 568 g/mol. The van der Waals surface area contributed by atoms with Crippen molar-refractivity contribution in [2.24, 2.45) is 0 Å². The molecule has 0 aromatic heterocycles. The Morgan fingerprint density at radius 3 is 1.31 bits per heavy atom. The van der Waals surface area contributed by atoms with Crippen LogP contribution in [-0.4, -0.2) is 41.5 Å². The average Bonchev–Trinajstić information content (AvgIpc) is 3.57. The summed E-state index contributed by atoms with van der Waals surface area (Å²) in [5.41, 5.74) is 10.9. The molecule has 0 spiro atoms. The van der Waals surface area contributed by atoms with Gasteiger partial charge in [0.1, 0.15) is 13.2 Å². The van der Waals surface area contributed by atoms with E-state index >= 15 is 0 Å². The van der Waals surface area contributed by atoms with Crippen LogP contribution in [0.2, 0.25) is 0 Å². The van der Waals surface area contributed by atoms with E-state index in [0.717, 1.165) is 44.5 Å². The van der Waals surface area contributed by atoms with Gasteiger partial charge in [0.25, 0.3) is 0 Å². The third kappa shape index (κ3) is 5.06. The third-order valence-electron chi connectivity index (χ3n) is 8.43. The first kappa shape index (κ1) is 27.9. The molecule has 0 bridgehead atoms. The van der Waals surface area contributed by atoms with Crippen molar-refractivity contribution in [2.75, 3.05) is 18.6 Å². The van der Waals surface area contributed by atoms with Gasteiger partial charge < -0.3 is 14.6 Å². The molecule has 0 saturated heterocycles. The molecule has 0 fully saturated rings. The molecule has 0 heterocycles. The highest BCUT2D eigenvalue weighted by atomic mass is 16.6. The number of imide groups is 1. The molecule has 7 rings (SSSR count). The quantitative estimate of drug-likeness (QED) is 0.184. The summed E-state index contributed by atoms with van der Waals surface area (Å²) in [5, 5.41) is 10.3. The van der Waals surface area contributed by atoms with Crippen LogP contribution in [0.5, 0.6) is 0 Å². The fraction of sp³-hybridized carbons (Fsp3) is 0.108. The van der Waals surface area contributed by atoms with E-state index in [9.17, 15) is 19.5 Å². The van der Waals surface area contributed by atoms with Gasteiger partial charge in [-0.05, 0) is 56.6 Å². The van der Waals surface area contributed by atoms with Crippen LogP contribution in [0.3, 0.4) is 0 Å². The van der Waals surface area contributed by atoms with Crippen LogP contribution >= 0.6 is 0 Å². The van der Waals surface area contributed by atoms with E-state index in [1.165, 1.54) is 12.1 Å². The molecule has 0 saturated carbocycles. The Hall–Kier alpha value is -5.89. The Morgan fingerprint density at radius 1 is 0.556 bits per heavy atom. The number of carboxylic acid groups (broad SMARTS) is 1. The van der Waals surface area contributed by atoms with Crippen molar-refractivity contribution in [3.05, 3.63) is 149 Å². The van der Waals surface area contributed by atoms with Crippen molar-refractivity contribution in [1.82, 2.24) is 5.01 Å². The maximum atomic E-state index is 13.6. The molecule has 8 nitrogen and oxygen atoms in total. The molecule has 2 N–H and O–H groups in total. The minimum atomic E-state index is -1.22. The molecule has 0 atom stereocenters. The van der Waals surface area contributed by atoms with E-state index in [1.807, 2.05) is 97.1 Å². The van der Waals surface area contributed by atoms with Gasteiger partial charge in [-0.15, -0.1) is 5.01 Å². The zero-order chi connectivity index (χ0) is 30.9. The fourth-order valence-electron chi connectivity index (χ4n) is 6.37. The lowest BCUT2D eigenvalue weighted by atomic mass is 9.98. The second-order valence-electron chi connectivity index (χ2n) is 10.9. The van der Waals surface area contributed by atoms with E-state index < -0.39 is 18.2 Å². The molecule has 0 aliphatic heterocycles. The molecule has 222 valence electrons. The summed E-state index contributed by atoms with van der Waals surface area (Å²) >= 11 is 0. The Morgan fingerprint density at radius 2 is 0.911 bits per heavy atom. The van der Waals surface area contributed by atoms with E-state index in [-0.39, 0.29) is 36.3 Å². The lowest BCUT2D eigenvalue weighted by Crippen LogP contribution is -2.43. The maximum absolute atomic E-state index is 13.6. The Balaban J connectivity index is 1.14. The van der Waals surface area contributed by atoms with Crippen LogP contribution in [0.4, 0.5) is 15.3 Å². The van der Waals surface area contributed by atoms with Crippen molar-refractivity contribution < 1.29 is 29.0 Å². The maximum Gasteiger partial charge on any atom is 0.438 e. The number of anilines is 1. The van der Waals surface area contributed by atoms with Crippen LogP contribution in [0.1, 0.15) is 44.4 Å². The van der Waals surface area contributed by atoms with Gasteiger partial charge >= 0.3 is 18.2 Å².